The second-order valence-corrected chi connectivity index (χ2v) is 7.04. The largest absolute Gasteiger partial charge is 0.350 e. The third kappa shape index (κ3) is 3.55. The summed E-state index contributed by atoms with van der Waals surface area (Å²) in [5.41, 5.74) is 1.94. The van der Waals surface area contributed by atoms with E-state index in [9.17, 15) is 9.59 Å². The Kier molecular flexibility index (Phi) is 5.22. The van der Waals surface area contributed by atoms with Crippen LogP contribution in [0.15, 0.2) is 17.1 Å². The maximum atomic E-state index is 12.5. The molecule has 2 atom stereocenters. The highest BCUT2D eigenvalue weighted by molar-refractivity contribution is 5.91. The quantitative estimate of drug-likeness (QED) is 0.848. The number of carbonyl (C=O) groups excluding carboxylic acids is 1. The predicted octanol–water partition coefficient (Wildman–Crippen LogP) is 0.933. The molecule has 1 saturated heterocycles. The van der Waals surface area contributed by atoms with E-state index in [1.54, 1.807) is 20.0 Å². The van der Waals surface area contributed by atoms with Gasteiger partial charge in [-0.2, -0.15) is 5.10 Å². The third-order valence-corrected chi connectivity index (χ3v) is 5.25. The molecule has 0 radical (unpaired) electrons. The molecule has 3 heterocycles. The molecule has 0 spiro atoms. The van der Waals surface area contributed by atoms with Crippen LogP contribution in [-0.4, -0.2) is 50.7 Å². The maximum absolute atomic E-state index is 12.5. The molecule has 1 amide bonds. The lowest BCUT2D eigenvalue weighted by atomic mass is 9.87. The Morgan fingerprint density at radius 2 is 2.15 bits per heavy atom. The number of carbonyl (C=O) groups is 1. The van der Waals surface area contributed by atoms with E-state index in [2.05, 4.69) is 32.3 Å². The van der Waals surface area contributed by atoms with Crippen molar-refractivity contribution in [3.63, 3.8) is 0 Å². The van der Waals surface area contributed by atoms with Gasteiger partial charge in [-0.05, 0) is 52.3 Å². The lowest BCUT2D eigenvalue weighted by Crippen LogP contribution is -2.43. The molecule has 1 fully saturated rings. The molecule has 2 N–H and O–H groups in total. The Labute approximate surface area is 152 Å². The van der Waals surface area contributed by atoms with E-state index in [4.69, 9.17) is 0 Å². The molecule has 0 unspecified atom stereocenters. The SMILES string of the molecule is Cc1nc(C(=O)NC[C@@H]2CCCN(C)[C@H]2c2ccnn2C)c(=O)[nH]c1C. The highest BCUT2D eigenvalue weighted by Gasteiger charge is 2.32. The minimum Gasteiger partial charge on any atom is -0.350 e. The van der Waals surface area contributed by atoms with E-state index < -0.39 is 11.5 Å². The molecule has 1 aliphatic rings. The highest BCUT2D eigenvalue weighted by atomic mass is 16.2. The Morgan fingerprint density at radius 3 is 2.85 bits per heavy atom. The van der Waals surface area contributed by atoms with Gasteiger partial charge in [0.2, 0.25) is 0 Å². The number of H-pyrrole nitrogens is 1. The van der Waals surface area contributed by atoms with E-state index in [1.165, 1.54) is 0 Å². The van der Waals surface area contributed by atoms with Crippen molar-refractivity contribution in [1.29, 1.82) is 0 Å². The van der Waals surface area contributed by atoms with Crippen molar-refractivity contribution in [2.45, 2.75) is 32.7 Å². The minimum absolute atomic E-state index is 0.0747. The van der Waals surface area contributed by atoms with Gasteiger partial charge in [-0.15, -0.1) is 0 Å². The molecule has 2 aromatic heterocycles. The summed E-state index contributed by atoms with van der Waals surface area (Å²) in [7, 11) is 4.03. The van der Waals surface area contributed by atoms with Gasteiger partial charge in [0.1, 0.15) is 0 Å². The van der Waals surface area contributed by atoms with Crippen LogP contribution in [0.5, 0.6) is 0 Å². The van der Waals surface area contributed by atoms with Gasteiger partial charge in [0.05, 0.1) is 17.4 Å². The Morgan fingerprint density at radius 1 is 1.38 bits per heavy atom. The molecular weight excluding hydrogens is 332 g/mol. The van der Waals surface area contributed by atoms with Crippen molar-refractivity contribution < 1.29 is 4.79 Å². The second-order valence-electron chi connectivity index (χ2n) is 7.04. The van der Waals surface area contributed by atoms with Gasteiger partial charge in [0.25, 0.3) is 11.5 Å². The van der Waals surface area contributed by atoms with Crippen LogP contribution in [0.4, 0.5) is 0 Å². The third-order valence-electron chi connectivity index (χ3n) is 5.25. The topological polar surface area (TPSA) is 95.9 Å². The molecule has 0 aromatic carbocycles. The molecule has 0 bridgehead atoms. The number of hydrogen-bond acceptors (Lipinski definition) is 5. The fourth-order valence-corrected chi connectivity index (χ4v) is 3.70. The van der Waals surface area contributed by atoms with Gasteiger partial charge in [0, 0.05) is 25.5 Å². The highest BCUT2D eigenvalue weighted by Crippen LogP contribution is 2.34. The molecule has 2 aromatic rings. The van der Waals surface area contributed by atoms with Crippen molar-refractivity contribution in [3.05, 3.63) is 45.4 Å². The number of likely N-dealkylation sites (tertiary alicyclic amines) is 1. The molecule has 3 rings (SSSR count). The maximum Gasteiger partial charge on any atom is 0.279 e. The van der Waals surface area contributed by atoms with E-state index >= 15 is 0 Å². The van der Waals surface area contributed by atoms with E-state index in [0.717, 1.165) is 25.1 Å². The molecule has 140 valence electrons. The van der Waals surface area contributed by atoms with Crippen LogP contribution in [0.2, 0.25) is 0 Å². The lowest BCUT2D eigenvalue weighted by Gasteiger charge is -2.39. The first kappa shape index (κ1) is 18.3. The van der Waals surface area contributed by atoms with Crippen LogP contribution >= 0.6 is 0 Å². The van der Waals surface area contributed by atoms with Crippen LogP contribution < -0.4 is 10.9 Å². The van der Waals surface area contributed by atoms with Gasteiger partial charge >= 0.3 is 0 Å². The number of amides is 1. The summed E-state index contributed by atoms with van der Waals surface area (Å²) in [6.45, 7) is 5.05. The van der Waals surface area contributed by atoms with E-state index in [1.807, 2.05) is 17.8 Å². The molecule has 26 heavy (non-hydrogen) atoms. The van der Waals surface area contributed by atoms with Crippen LogP contribution in [0.25, 0.3) is 0 Å². The van der Waals surface area contributed by atoms with Gasteiger partial charge < -0.3 is 10.3 Å². The summed E-state index contributed by atoms with van der Waals surface area (Å²) in [5, 5.41) is 7.19. The van der Waals surface area contributed by atoms with Crippen molar-refractivity contribution in [2.75, 3.05) is 20.1 Å². The van der Waals surface area contributed by atoms with Crippen molar-refractivity contribution in [2.24, 2.45) is 13.0 Å². The number of hydrogen-bond donors (Lipinski definition) is 2. The summed E-state index contributed by atoms with van der Waals surface area (Å²) in [6.07, 6.45) is 3.89. The van der Waals surface area contributed by atoms with Gasteiger partial charge in [-0.3, -0.25) is 19.2 Å². The number of aromatic nitrogens is 4. The number of piperidine rings is 1. The average molecular weight is 358 g/mol. The standard InChI is InChI=1S/C18H26N6O2/c1-11-12(2)22-18(26)15(21-11)17(25)19-10-13-6-5-9-23(3)16(13)14-7-8-20-24(14)4/h7-8,13,16H,5-6,9-10H2,1-4H3,(H,19,25)(H,22,26)/t13-,16+/m0/s1. The summed E-state index contributed by atoms with van der Waals surface area (Å²) in [5.74, 6) is -0.176. The Hall–Kier alpha value is -2.48. The minimum atomic E-state index is -0.449. The first-order valence-corrected chi connectivity index (χ1v) is 8.92. The van der Waals surface area contributed by atoms with Gasteiger partial charge in [0.15, 0.2) is 5.69 Å². The summed E-state index contributed by atoms with van der Waals surface area (Å²) in [4.78, 5) is 33.7. The first-order chi connectivity index (χ1) is 12.4. The van der Waals surface area contributed by atoms with Crippen LogP contribution in [-0.2, 0) is 7.05 Å². The van der Waals surface area contributed by atoms with Crippen LogP contribution in [0.1, 0.15) is 46.5 Å². The van der Waals surface area contributed by atoms with Crippen LogP contribution in [0, 0.1) is 19.8 Å². The van der Waals surface area contributed by atoms with Crippen LogP contribution in [0.3, 0.4) is 0 Å². The fourth-order valence-electron chi connectivity index (χ4n) is 3.70. The zero-order valence-electron chi connectivity index (χ0n) is 15.7. The summed E-state index contributed by atoms with van der Waals surface area (Å²) < 4.78 is 1.89. The van der Waals surface area contributed by atoms with Gasteiger partial charge in [-0.25, -0.2) is 4.98 Å². The van der Waals surface area contributed by atoms with E-state index in [-0.39, 0.29) is 17.7 Å². The zero-order chi connectivity index (χ0) is 18.8. The smallest absolute Gasteiger partial charge is 0.279 e. The monoisotopic (exact) mass is 358 g/mol. The molecule has 0 aliphatic carbocycles. The Bertz CT molecular complexity index is 856. The average Bonchev–Trinajstić information content (AvgIpc) is 3.01. The van der Waals surface area contributed by atoms with Crippen molar-refractivity contribution in [1.82, 2.24) is 30.0 Å². The molecule has 8 nitrogen and oxygen atoms in total. The van der Waals surface area contributed by atoms with Crippen molar-refractivity contribution in [3.8, 4) is 0 Å². The first-order valence-electron chi connectivity index (χ1n) is 8.92. The molecular formula is C18H26N6O2. The molecule has 1 aliphatic heterocycles. The molecule has 8 heteroatoms. The number of aryl methyl sites for hydroxylation is 3. The van der Waals surface area contributed by atoms with Crippen molar-refractivity contribution >= 4 is 5.91 Å². The predicted molar refractivity (Wildman–Crippen MR) is 98.0 cm³/mol. The van der Waals surface area contributed by atoms with Gasteiger partial charge in [-0.1, -0.05) is 0 Å². The second kappa shape index (κ2) is 7.41. The number of rotatable bonds is 4. The van der Waals surface area contributed by atoms with E-state index in [0.29, 0.717) is 17.9 Å². The number of aromatic amines is 1. The normalized spacial score (nSPS) is 20.9. The Balaban J connectivity index is 1.75. The zero-order valence-corrected chi connectivity index (χ0v) is 15.7. The number of nitrogens with zero attached hydrogens (tertiary/aromatic N) is 4. The molecule has 0 saturated carbocycles. The lowest BCUT2D eigenvalue weighted by molar-refractivity contribution is 0.0874. The number of nitrogens with one attached hydrogen (secondary N) is 2. The summed E-state index contributed by atoms with van der Waals surface area (Å²) in [6, 6.07) is 2.21. The summed E-state index contributed by atoms with van der Waals surface area (Å²) >= 11 is 0. The fraction of sp³-hybridized carbons (Fsp3) is 0.556.